The average Bonchev–Trinajstić information content (AvgIpc) is 2.66. The molecule has 0 bridgehead atoms. The van der Waals surface area contributed by atoms with Crippen molar-refractivity contribution in [1.82, 2.24) is 4.98 Å². The van der Waals surface area contributed by atoms with Crippen molar-refractivity contribution in [2.45, 2.75) is 32.2 Å². The number of benzene rings is 2. The number of ketones is 1. The van der Waals surface area contributed by atoms with Crippen molar-refractivity contribution in [2.75, 3.05) is 11.1 Å². The van der Waals surface area contributed by atoms with E-state index < -0.39 is 0 Å². The zero-order chi connectivity index (χ0) is 19.4. The van der Waals surface area contributed by atoms with Gasteiger partial charge in [0.1, 0.15) is 5.03 Å². The molecule has 4 nitrogen and oxygen atoms in total. The molecule has 1 heterocycles. The van der Waals surface area contributed by atoms with Gasteiger partial charge in [0.05, 0.1) is 11.3 Å². The molecule has 2 aromatic carbocycles. The molecule has 0 atom stereocenters. The minimum Gasteiger partial charge on any atom is -0.325 e. The van der Waals surface area contributed by atoms with Gasteiger partial charge in [-0.1, -0.05) is 30.8 Å². The van der Waals surface area contributed by atoms with Crippen LogP contribution in [0.25, 0.3) is 10.9 Å². The van der Waals surface area contributed by atoms with Crippen molar-refractivity contribution in [1.29, 1.82) is 0 Å². The fourth-order valence-electron chi connectivity index (χ4n) is 2.80. The van der Waals surface area contributed by atoms with Crippen LogP contribution >= 0.6 is 11.8 Å². The number of pyridine rings is 1. The lowest BCUT2D eigenvalue weighted by atomic mass is 10.1. The molecule has 0 saturated heterocycles. The van der Waals surface area contributed by atoms with Crippen LogP contribution in [0.2, 0.25) is 0 Å². The Morgan fingerprint density at radius 3 is 2.48 bits per heavy atom. The lowest BCUT2D eigenvalue weighted by molar-refractivity contribution is -0.113. The van der Waals surface area contributed by atoms with Gasteiger partial charge >= 0.3 is 0 Å². The van der Waals surface area contributed by atoms with Crippen molar-refractivity contribution in [2.24, 2.45) is 0 Å². The number of hydrogen-bond donors (Lipinski definition) is 1. The van der Waals surface area contributed by atoms with E-state index in [0.29, 0.717) is 11.3 Å². The van der Waals surface area contributed by atoms with Crippen LogP contribution in [0.5, 0.6) is 0 Å². The summed E-state index contributed by atoms with van der Waals surface area (Å²) in [5.41, 5.74) is 4.58. The molecule has 0 aliphatic rings. The Morgan fingerprint density at radius 1 is 1.07 bits per heavy atom. The fraction of sp³-hybridized carbons (Fsp3) is 0.227. The van der Waals surface area contributed by atoms with Gasteiger partial charge < -0.3 is 5.32 Å². The summed E-state index contributed by atoms with van der Waals surface area (Å²) in [4.78, 5) is 28.4. The highest BCUT2D eigenvalue weighted by molar-refractivity contribution is 8.00. The smallest absolute Gasteiger partial charge is 0.234 e. The molecule has 0 spiro atoms. The Morgan fingerprint density at radius 2 is 1.81 bits per heavy atom. The molecule has 1 amide bonds. The van der Waals surface area contributed by atoms with Crippen LogP contribution in [-0.2, 0) is 11.2 Å². The number of carbonyl (C=O) groups excluding carboxylic acids is 2. The van der Waals surface area contributed by atoms with Crippen molar-refractivity contribution >= 4 is 40.0 Å². The van der Waals surface area contributed by atoms with E-state index >= 15 is 0 Å². The van der Waals surface area contributed by atoms with Gasteiger partial charge in [-0.2, -0.15) is 0 Å². The number of Topliss-reactive ketones (excluding diaryl/α,β-unsaturated/α-hetero) is 1. The molecule has 0 aliphatic carbocycles. The molecule has 0 fully saturated rings. The molecule has 3 aromatic rings. The number of amides is 1. The molecule has 0 radical (unpaired) electrons. The maximum atomic E-state index is 12.3. The minimum absolute atomic E-state index is 0.00754. The number of aromatic nitrogens is 1. The largest absolute Gasteiger partial charge is 0.325 e. The van der Waals surface area contributed by atoms with Crippen molar-refractivity contribution in [3.05, 3.63) is 65.2 Å². The molecule has 27 heavy (non-hydrogen) atoms. The second-order valence-corrected chi connectivity index (χ2v) is 7.44. The molecule has 0 aliphatic heterocycles. The van der Waals surface area contributed by atoms with Gasteiger partial charge in [-0.3, -0.25) is 9.59 Å². The third-order valence-corrected chi connectivity index (χ3v) is 5.34. The van der Waals surface area contributed by atoms with Crippen molar-refractivity contribution < 1.29 is 9.59 Å². The van der Waals surface area contributed by atoms with Crippen LogP contribution in [0.4, 0.5) is 5.69 Å². The Kier molecular flexibility index (Phi) is 5.91. The number of hydrogen-bond acceptors (Lipinski definition) is 4. The maximum absolute atomic E-state index is 12.3. The lowest BCUT2D eigenvalue weighted by Crippen LogP contribution is -2.14. The summed E-state index contributed by atoms with van der Waals surface area (Å²) in [6.07, 6.45) is 0.868. The van der Waals surface area contributed by atoms with Crippen LogP contribution in [0, 0.1) is 6.92 Å². The van der Waals surface area contributed by atoms with Gasteiger partial charge in [0.2, 0.25) is 5.91 Å². The average molecular weight is 378 g/mol. The summed E-state index contributed by atoms with van der Waals surface area (Å²) < 4.78 is 0. The highest BCUT2D eigenvalue weighted by Gasteiger charge is 2.10. The predicted octanol–water partition coefficient (Wildman–Crippen LogP) is 5.04. The third-order valence-electron chi connectivity index (χ3n) is 4.31. The van der Waals surface area contributed by atoms with Crippen LogP contribution < -0.4 is 5.32 Å². The second-order valence-electron chi connectivity index (χ2n) is 6.47. The standard InChI is InChI=1S/C22H22N2O2S/c1-4-16-12-18-6-5-14(2)11-20(18)24-22(16)27-13-21(26)23-19-9-7-17(8-10-19)15(3)25/h5-12H,4,13H2,1-3H3,(H,23,26). The zero-order valence-electron chi connectivity index (χ0n) is 15.7. The summed E-state index contributed by atoms with van der Waals surface area (Å²) >= 11 is 1.45. The Hall–Kier alpha value is -2.66. The third kappa shape index (κ3) is 4.74. The van der Waals surface area contributed by atoms with Gasteiger partial charge in [-0.05, 0) is 67.8 Å². The topological polar surface area (TPSA) is 59.1 Å². The van der Waals surface area contributed by atoms with Gasteiger partial charge in [0.15, 0.2) is 5.78 Å². The van der Waals surface area contributed by atoms with E-state index in [4.69, 9.17) is 4.98 Å². The Bertz CT molecular complexity index is 997. The fourth-order valence-corrected chi connectivity index (χ4v) is 3.69. The SMILES string of the molecule is CCc1cc2ccc(C)cc2nc1SCC(=O)Nc1ccc(C(C)=O)cc1. The van der Waals surface area contributed by atoms with Crippen LogP contribution in [0.1, 0.15) is 35.3 Å². The molecule has 5 heteroatoms. The number of fused-ring (bicyclic) bond motifs is 1. The lowest BCUT2D eigenvalue weighted by Gasteiger charge is -2.10. The first-order valence-corrected chi connectivity index (χ1v) is 9.88. The number of nitrogens with one attached hydrogen (secondary N) is 1. The van der Waals surface area contributed by atoms with E-state index in [9.17, 15) is 9.59 Å². The van der Waals surface area contributed by atoms with Gasteiger partial charge in [0.25, 0.3) is 0 Å². The normalized spacial score (nSPS) is 10.8. The number of anilines is 1. The highest BCUT2D eigenvalue weighted by Crippen LogP contribution is 2.26. The second kappa shape index (κ2) is 8.35. The first-order chi connectivity index (χ1) is 13.0. The summed E-state index contributed by atoms with van der Waals surface area (Å²) in [5.74, 6) is 0.197. The van der Waals surface area contributed by atoms with Crippen LogP contribution in [0.3, 0.4) is 0 Å². The van der Waals surface area contributed by atoms with E-state index in [1.807, 2.05) is 6.92 Å². The predicted molar refractivity (Wildman–Crippen MR) is 112 cm³/mol. The van der Waals surface area contributed by atoms with Gasteiger partial charge in [-0.25, -0.2) is 4.98 Å². The van der Waals surface area contributed by atoms with Crippen LogP contribution in [-0.4, -0.2) is 22.4 Å². The molecule has 1 aromatic heterocycles. The summed E-state index contributed by atoms with van der Waals surface area (Å²) in [7, 11) is 0. The molecule has 0 saturated carbocycles. The molecular weight excluding hydrogens is 356 g/mol. The van der Waals surface area contributed by atoms with E-state index in [0.717, 1.165) is 27.9 Å². The van der Waals surface area contributed by atoms with E-state index in [1.165, 1.54) is 24.2 Å². The molecule has 0 unspecified atom stereocenters. The number of aryl methyl sites for hydroxylation is 2. The Labute approximate surface area is 163 Å². The molecule has 1 N–H and O–H groups in total. The van der Waals surface area contributed by atoms with E-state index in [-0.39, 0.29) is 17.4 Å². The maximum Gasteiger partial charge on any atom is 0.234 e. The van der Waals surface area contributed by atoms with E-state index in [1.54, 1.807) is 24.3 Å². The van der Waals surface area contributed by atoms with E-state index in [2.05, 4.69) is 36.5 Å². The quantitative estimate of drug-likeness (QED) is 0.482. The first-order valence-electron chi connectivity index (χ1n) is 8.90. The summed E-state index contributed by atoms with van der Waals surface area (Å²) in [6, 6.07) is 15.3. The molecular formula is C22H22N2O2S. The Balaban J connectivity index is 1.69. The summed E-state index contributed by atoms with van der Waals surface area (Å²) in [6.45, 7) is 5.66. The number of thioether (sulfide) groups is 1. The molecule has 138 valence electrons. The van der Waals surface area contributed by atoms with Crippen molar-refractivity contribution in [3.63, 3.8) is 0 Å². The highest BCUT2D eigenvalue weighted by atomic mass is 32.2. The zero-order valence-corrected chi connectivity index (χ0v) is 16.5. The van der Waals surface area contributed by atoms with Crippen molar-refractivity contribution in [3.8, 4) is 0 Å². The van der Waals surface area contributed by atoms with Gasteiger partial charge in [0, 0.05) is 16.6 Å². The summed E-state index contributed by atoms with van der Waals surface area (Å²) in [5, 5.41) is 4.89. The number of rotatable bonds is 6. The number of carbonyl (C=O) groups is 2. The minimum atomic E-state index is -0.0937. The molecule has 3 rings (SSSR count). The first kappa shape index (κ1) is 19.1. The van der Waals surface area contributed by atoms with Gasteiger partial charge in [-0.15, -0.1) is 0 Å². The monoisotopic (exact) mass is 378 g/mol. The number of nitrogens with zero attached hydrogens (tertiary/aromatic N) is 1. The van der Waals surface area contributed by atoms with Crippen LogP contribution in [0.15, 0.2) is 53.6 Å².